The van der Waals surface area contributed by atoms with E-state index >= 15 is 0 Å². The summed E-state index contributed by atoms with van der Waals surface area (Å²) in [6.07, 6.45) is 3.89. The zero-order valence-corrected chi connectivity index (χ0v) is 42.9. The lowest BCUT2D eigenvalue weighted by atomic mass is 9.88. The zero-order chi connectivity index (χ0) is 51.9. The van der Waals surface area contributed by atoms with Gasteiger partial charge in [0.05, 0.1) is 61.1 Å². The highest BCUT2D eigenvalue weighted by Gasteiger charge is 2.41. The van der Waals surface area contributed by atoms with E-state index < -0.39 is 46.9 Å². The molecule has 0 aliphatic rings. The quantitative estimate of drug-likeness (QED) is 0.0412. The van der Waals surface area contributed by atoms with Crippen molar-refractivity contribution in [2.24, 2.45) is 0 Å². The molecule has 0 aliphatic heterocycles. The summed E-state index contributed by atoms with van der Waals surface area (Å²) in [4.78, 5) is 77.7. The monoisotopic (exact) mass is 1040 g/mol. The number of carbonyl (C=O) groups excluding carboxylic acids is 5. The predicted molar refractivity (Wildman–Crippen MR) is 286 cm³/mol. The van der Waals surface area contributed by atoms with Crippen molar-refractivity contribution in [3.8, 4) is 0 Å². The van der Waals surface area contributed by atoms with Crippen LogP contribution < -0.4 is 31.9 Å². The number of ether oxygens (including phenoxy) is 1. The summed E-state index contributed by atoms with van der Waals surface area (Å²) in [7, 11) is 1.31. The van der Waals surface area contributed by atoms with E-state index in [0.29, 0.717) is 38.5 Å². The summed E-state index contributed by atoms with van der Waals surface area (Å²) in [5, 5.41) is 30.5. The third kappa shape index (κ3) is 13.9. The molecule has 0 aliphatic carbocycles. The normalized spacial score (nSPS) is 11.2. The second-order valence-corrected chi connectivity index (χ2v) is 18.3. The molecule has 0 fully saturated rings. The molecule has 6 aromatic carbocycles. The fraction of sp³-hybridized carbons (Fsp3) is 0.283. The number of carbonyl (C=O) groups is 6. The molecule has 374 valence electrons. The van der Waals surface area contributed by atoms with Crippen LogP contribution in [0.2, 0.25) is 20.1 Å². The fourth-order valence-electron chi connectivity index (χ4n) is 8.33. The second kappa shape index (κ2) is 25.5. The van der Waals surface area contributed by atoms with Gasteiger partial charge in [0.2, 0.25) is 0 Å². The lowest BCUT2D eigenvalue weighted by Crippen LogP contribution is -2.55. The molecule has 0 radical (unpaired) electrons. The number of nitrogens with one attached hydrogen (secondary N) is 6. The number of esters is 1. The van der Waals surface area contributed by atoms with Crippen molar-refractivity contribution in [2.45, 2.75) is 90.1 Å². The second-order valence-electron chi connectivity index (χ2n) is 16.7. The van der Waals surface area contributed by atoms with Crippen LogP contribution in [-0.4, -0.2) is 59.1 Å². The van der Waals surface area contributed by atoms with Gasteiger partial charge in [-0.15, -0.1) is 0 Å². The van der Waals surface area contributed by atoms with Crippen molar-refractivity contribution < 1.29 is 38.6 Å². The summed E-state index contributed by atoms with van der Waals surface area (Å²) < 4.78 is 5.05. The highest BCUT2D eigenvalue weighted by molar-refractivity contribution is 6.40. The maximum absolute atomic E-state index is 13.6. The molecule has 0 atom stereocenters. The molecule has 0 saturated carbocycles. The average Bonchev–Trinajstić information content (AvgIpc) is 3.33. The van der Waals surface area contributed by atoms with E-state index in [2.05, 4.69) is 31.9 Å². The number of urea groups is 2. The first-order valence-electron chi connectivity index (χ1n) is 23.0. The number of methoxy groups -OCH3 is 1. The van der Waals surface area contributed by atoms with E-state index in [4.69, 9.17) is 51.1 Å². The number of carboxylic acid groups (broad SMARTS) is 1. The van der Waals surface area contributed by atoms with Gasteiger partial charge in [-0.1, -0.05) is 160 Å². The third-order valence-corrected chi connectivity index (χ3v) is 12.8. The van der Waals surface area contributed by atoms with Crippen LogP contribution in [0.5, 0.6) is 0 Å². The Morgan fingerprint density at radius 1 is 0.479 bits per heavy atom. The van der Waals surface area contributed by atoms with Gasteiger partial charge in [0, 0.05) is 0 Å². The van der Waals surface area contributed by atoms with Crippen molar-refractivity contribution in [1.82, 2.24) is 10.6 Å². The Balaban J connectivity index is 0.000000264. The van der Waals surface area contributed by atoms with Gasteiger partial charge < -0.3 is 41.7 Å². The number of aliphatic carboxylic acids is 1. The Kier molecular flexibility index (Phi) is 19.9. The van der Waals surface area contributed by atoms with Gasteiger partial charge in [0.15, 0.2) is 0 Å². The van der Waals surface area contributed by atoms with Crippen LogP contribution >= 0.6 is 46.4 Å². The standard InChI is InChI=1S/C27H29Cl2N3O4.C26H27Cl2N3O4/c1-4-13-27(14-5-2,25(34)36-3)32-24(33)19-15-17-9-6-7-10-18(17)16-22(19)30-26(35)31-23-20(28)11-8-12-21(23)29;1-3-12-26(13-4-2,24(33)34)31-23(32)18-14-16-8-5-6-9-17(16)15-21(18)29-25(35)30-22-19(27)10-7-11-20(22)28/h6-12,15-16H,4-5,13-14H2,1-3H3,(H,32,33)(H2,30,31,35);5-11,14-15H,3-4,12-13H2,1-2H3,(H,31,32)(H,33,34)(H2,29,30,35). The minimum Gasteiger partial charge on any atom is -0.480 e. The van der Waals surface area contributed by atoms with E-state index in [1.54, 1.807) is 60.7 Å². The minimum atomic E-state index is -1.41. The Morgan fingerprint density at radius 3 is 1.13 bits per heavy atom. The molecule has 0 spiro atoms. The molecule has 0 saturated heterocycles. The Morgan fingerprint density at radius 2 is 0.803 bits per heavy atom. The van der Waals surface area contributed by atoms with Crippen LogP contribution in [-0.2, 0) is 14.3 Å². The van der Waals surface area contributed by atoms with Gasteiger partial charge in [0.1, 0.15) is 11.1 Å². The van der Waals surface area contributed by atoms with Crippen molar-refractivity contribution in [3.05, 3.63) is 140 Å². The van der Waals surface area contributed by atoms with Crippen LogP contribution in [0.1, 0.15) is 99.8 Å². The number of halogens is 4. The van der Waals surface area contributed by atoms with Gasteiger partial charge in [-0.05, 0) is 95.8 Å². The van der Waals surface area contributed by atoms with Gasteiger partial charge >= 0.3 is 24.0 Å². The maximum atomic E-state index is 13.6. The third-order valence-electron chi connectivity index (χ3n) is 11.6. The van der Waals surface area contributed by atoms with E-state index in [1.165, 1.54) is 7.11 Å². The SMILES string of the molecule is CCCC(CCC)(NC(=O)c1cc2ccccc2cc1NC(=O)Nc1c(Cl)cccc1Cl)C(=O)O.CCCC(CCC)(NC(=O)c1cc2ccccc2cc1NC(=O)Nc1c(Cl)cccc1Cl)C(=O)OC. The smallest absolute Gasteiger partial charge is 0.331 e. The number of hydrogen-bond donors (Lipinski definition) is 7. The Labute approximate surface area is 432 Å². The number of benzene rings is 6. The zero-order valence-electron chi connectivity index (χ0n) is 39.9. The number of anilines is 4. The van der Waals surface area contributed by atoms with Crippen molar-refractivity contribution in [1.29, 1.82) is 0 Å². The summed E-state index contributed by atoms with van der Waals surface area (Å²) in [5.41, 5.74) is -1.27. The molecular formula is C53H56Cl4N6O8. The van der Waals surface area contributed by atoms with Crippen molar-refractivity contribution >= 4 is 127 Å². The molecule has 71 heavy (non-hydrogen) atoms. The molecule has 0 heterocycles. The summed E-state index contributed by atoms with van der Waals surface area (Å²) in [6, 6.07) is 29.9. The number of para-hydroxylation sites is 2. The molecule has 6 amide bonds. The largest absolute Gasteiger partial charge is 0.480 e. The molecule has 6 rings (SSSR count). The average molecular weight is 1050 g/mol. The minimum absolute atomic E-state index is 0.141. The van der Waals surface area contributed by atoms with Crippen LogP contribution in [0.4, 0.5) is 32.3 Å². The van der Waals surface area contributed by atoms with E-state index in [0.717, 1.165) is 21.5 Å². The lowest BCUT2D eigenvalue weighted by molar-refractivity contribution is -0.149. The van der Waals surface area contributed by atoms with E-state index in [-0.39, 0.29) is 66.8 Å². The number of amides is 6. The van der Waals surface area contributed by atoms with Crippen LogP contribution in [0.3, 0.4) is 0 Å². The van der Waals surface area contributed by atoms with Crippen LogP contribution in [0.25, 0.3) is 21.5 Å². The number of carboxylic acids is 1. The Hall–Kier alpha value is -6.58. The molecule has 14 nitrogen and oxygen atoms in total. The molecule has 6 aromatic rings. The van der Waals surface area contributed by atoms with Gasteiger partial charge in [0.25, 0.3) is 11.8 Å². The molecular weight excluding hydrogens is 990 g/mol. The van der Waals surface area contributed by atoms with Gasteiger partial charge in [-0.2, -0.15) is 0 Å². The highest BCUT2D eigenvalue weighted by atomic mass is 35.5. The number of fused-ring (bicyclic) bond motifs is 2. The number of rotatable bonds is 18. The number of hydrogen-bond acceptors (Lipinski definition) is 7. The Bertz CT molecular complexity index is 2880. The van der Waals surface area contributed by atoms with Gasteiger partial charge in [-0.3, -0.25) is 9.59 Å². The molecule has 0 aromatic heterocycles. The first-order chi connectivity index (χ1) is 33.9. The van der Waals surface area contributed by atoms with E-state index in [1.807, 2.05) is 76.2 Å². The topological polar surface area (TPSA) is 204 Å². The molecule has 0 unspecified atom stereocenters. The summed E-state index contributed by atoms with van der Waals surface area (Å²) >= 11 is 24.7. The maximum Gasteiger partial charge on any atom is 0.331 e. The van der Waals surface area contributed by atoms with Crippen LogP contribution in [0, 0.1) is 0 Å². The summed E-state index contributed by atoms with van der Waals surface area (Å²) in [6.45, 7) is 7.61. The van der Waals surface area contributed by atoms with Crippen molar-refractivity contribution in [3.63, 3.8) is 0 Å². The fourth-order valence-corrected chi connectivity index (χ4v) is 9.31. The molecule has 0 bridgehead atoms. The first-order valence-corrected chi connectivity index (χ1v) is 24.5. The van der Waals surface area contributed by atoms with Crippen molar-refractivity contribution in [2.75, 3.05) is 28.4 Å². The van der Waals surface area contributed by atoms with Crippen LogP contribution in [0.15, 0.2) is 109 Å². The summed E-state index contributed by atoms with van der Waals surface area (Å²) in [5.74, 6) is -2.68. The van der Waals surface area contributed by atoms with Gasteiger partial charge in [-0.25, -0.2) is 19.2 Å². The lowest BCUT2D eigenvalue weighted by Gasteiger charge is -2.32. The first kappa shape index (κ1) is 55.3. The molecule has 7 N–H and O–H groups in total. The van der Waals surface area contributed by atoms with E-state index in [9.17, 15) is 33.9 Å². The molecule has 18 heteroatoms. The predicted octanol–water partition coefficient (Wildman–Crippen LogP) is 14.0. The highest BCUT2D eigenvalue weighted by Crippen LogP contribution is 2.33.